The van der Waals surface area contributed by atoms with Crippen molar-refractivity contribution in [3.8, 4) is 0 Å². The van der Waals surface area contributed by atoms with E-state index in [4.69, 9.17) is 0 Å². The van der Waals surface area contributed by atoms with E-state index in [0.717, 1.165) is 29.5 Å². The van der Waals surface area contributed by atoms with Crippen LogP contribution in [0.25, 0.3) is 10.2 Å². The molecule has 0 radical (unpaired) electrons. The number of unbranched alkanes of at least 4 members (excludes halogenated alkanes) is 2. The molecule has 1 amide bonds. The third-order valence-corrected chi connectivity index (χ3v) is 5.51. The molecule has 0 aliphatic heterocycles. The molecule has 2 aromatic rings. The van der Waals surface area contributed by atoms with E-state index in [0.29, 0.717) is 17.0 Å². The molecule has 27 heavy (non-hydrogen) atoms. The third-order valence-electron chi connectivity index (χ3n) is 4.46. The zero-order chi connectivity index (χ0) is 19.2. The Bertz CT molecular complexity index is 893. The lowest BCUT2D eigenvalue weighted by Gasteiger charge is -2.18. The number of para-hydroxylation sites is 1. The lowest BCUT2D eigenvalue weighted by atomic mass is 10.0. The predicted molar refractivity (Wildman–Crippen MR) is 107 cm³/mol. The molecule has 1 heterocycles. The highest BCUT2D eigenvalue weighted by molar-refractivity contribution is 7.20. The molecular weight excluding hydrogens is 360 g/mol. The highest BCUT2D eigenvalue weighted by Gasteiger charge is 2.26. The Balaban J connectivity index is 1.78. The van der Waals surface area contributed by atoms with Crippen LogP contribution in [0.5, 0.6) is 0 Å². The van der Waals surface area contributed by atoms with Crippen molar-refractivity contribution in [1.29, 1.82) is 0 Å². The van der Waals surface area contributed by atoms with Crippen LogP contribution in [-0.2, 0) is 9.59 Å². The smallest absolute Gasteiger partial charge is 0.248 e. The number of amides is 1. The van der Waals surface area contributed by atoms with Gasteiger partial charge >= 0.3 is 0 Å². The number of thiazole rings is 1. The Kier molecular flexibility index (Phi) is 6.29. The summed E-state index contributed by atoms with van der Waals surface area (Å²) in [6.07, 6.45) is 8.14. The van der Waals surface area contributed by atoms with Gasteiger partial charge in [0.2, 0.25) is 11.7 Å². The molecule has 0 spiro atoms. The van der Waals surface area contributed by atoms with Gasteiger partial charge in [-0.3, -0.25) is 14.4 Å². The fourth-order valence-corrected chi connectivity index (χ4v) is 3.94. The number of hydrogen-bond acceptors (Lipinski definition) is 5. The normalized spacial score (nSPS) is 14.9. The first kappa shape index (κ1) is 19.2. The van der Waals surface area contributed by atoms with Crippen LogP contribution in [-0.4, -0.2) is 28.5 Å². The van der Waals surface area contributed by atoms with E-state index in [2.05, 4.69) is 17.2 Å². The fourth-order valence-electron chi connectivity index (χ4n) is 2.98. The van der Waals surface area contributed by atoms with Crippen LogP contribution < -0.4 is 5.32 Å². The number of Topliss-reactive ketones (excluding diaryl/α,β-unsaturated/α-hetero) is 1. The third kappa shape index (κ3) is 4.77. The number of allylic oxidation sites excluding steroid dienone is 3. The second-order valence-corrected chi connectivity index (χ2v) is 7.60. The Labute approximate surface area is 162 Å². The Morgan fingerprint density at radius 2 is 2.07 bits per heavy atom. The first-order chi connectivity index (χ1) is 13.1. The average Bonchev–Trinajstić information content (AvgIpc) is 3.11. The van der Waals surface area contributed by atoms with Crippen LogP contribution in [0.3, 0.4) is 0 Å². The molecule has 5 nitrogen and oxygen atoms in total. The standard InChI is InChI=1S/C21H22N2O3S/c1-2-3-4-11-17(22-20(26)14-8-7-9-15(24)13-14)19(25)21-23-16-10-5-6-12-18(16)27-21/h5-10,12,17H,2-4,11,13H2,1H3,(H,22,26). The highest BCUT2D eigenvalue weighted by atomic mass is 32.1. The summed E-state index contributed by atoms with van der Waals surface area (Å²) in [5.74, 6) is -0.634. The summed E-state index contributed by atoms with van der Waals surface area (Å²) in [6.45, 7) is 2.09. The van der Waals surface area contributed by atoms with Crippen molar-refractivity contribution in [1.82, 2.24) is 10.3 Å². The molecule has 0 saturated carbocycles. The molecule has 3 rings (SSSR count). The molecule has 1 aliphatic carbocycles. The SMILES string of the molecule is CCCCCC(NC(=O)C1=CC=CC(=O)C1)C(=O)c1nc2ccccc2s1. The number of hydrogen-bond donors (Lipinski definition) is 1. The first-order valence-electron chi connectivity index (χ1n) is 9.19. The number of aromatic nitrogens is 1. The van der Waals surface area contributed by atoms with E-state index in [9.17, 15) is 14.4 Å². The number of fused-ring (bicyclic) bond motifs is 1. The number of nitrogens with one attached hydrogen (secondary N) is 1. The van der Waals surface area contributed by atoms with E-state index >= 15 is 0 Å². The maximum absolute atomic E-state index is 13.0. The summed E-state index contributed by atoms with van der Waals surface area (Å²) in [5.41, 5.74) is 1.18. The van der Waals surface area contributed by atoms with Crippen LogP contribution in [0.1, 0.15) is 48.8 Å². The van der Waals surface area contributed by atoms with Crippen LogP contribution in [0.15, 0.2) is 48.1 Å². The minimum atomic E-state index is -0.633. The number of carbonyl (C=O) groups is 3. The lowest BCUT2D eigenvalue weighted by Crippen LogP contribution is -2.42. The summed E-state index contributed by atoms with van der Waals surface area (Å²) in [4.78, 5) is 41.6. The second kappa shape index (κ2) is 8.86. The molecule has 1 aliphatic rings. The lowest BCUT2D eigenvalue weighted by molar-refractivity contribution is -0.120. The zero-order valence-electron chi connectivity index (χ0n) is 15.2. The van der Waals surface area contributed by atoms with E-state index in [1.165, 1.54) is 17.4 Å². The van der Waals surface area contributed by atoms with Crippen molar-refractivity contribution in [2.75, 3.05) is 0 Å². The van der Waals surface area contributed by atoms with Gasteiger partial charge in [-0.25, -0.2) is 4.98 Å². The molecular formula is C21H22N2O3S. The van der Waals surface area contributed by atoms with Gasteiger partial charge in [-0.05, 0) is 24.6 Å². The van der Waals surface area contributed by atoms with Crippen LogP contribution >= 0.6 is 11.3 Å². The van der Waals surface area contributed by atoms with Crippen molar-refractivity contribution in [2.24, 2.45) is 0 Å². The Morgan fingerprint density at radius 3 is 2.81 bits per heavy atom. The number of rotatable bonds is 8. The Morgan fingerprint density at radius 1 is 1.26 bits per heavy atom. The van der Waals surface area contributed by atoms with Crippen molar-refractivity contribution >= 4 is 39.0 Å². The molecule has 6 heteroatoms. The van der Waals surface area contributed by atoms with Gasteiger partial charge in [0.15, 0.2) is 10.8 Å². The molecule has 1 N–H and O–H groups in total. The van der Waals surface area contributed by atoms with Crippen molar-refractivity contribution in [3.05, 3.63) is 53.1 Å². The maximum atomic E-state index is 13.0. The van der Waals surface area contributed by atoms with Gasteiger partial charge in [0.1, 0.15) is 0 Å². The van der Waals surface area contributed by atoms with E-state index < -0.39 is 6.04 Å². The number of ketones is 2. The topological polar surface area (TPSA) is 76.1 Å². The monoisotopic (exact) mass is 382 g/mol. The average molecular weight is 382 g/mol. The molecule has 0 saturated heterocycles. The molecule has 1 atom stereocenters. The van der Waals surface area contributed by atoms with Gasteiger partial charge in [0.25, 0.3) is 0 Å². The molecule has 140 valence electrons. The van der Waals surface area contributed by atoms with Crippen LogP contribution in [0.4, 0.5) is 0 Å². The highest BCUT2D eigenvalue weighted by Crippen LogP contribution is 2.23. The van der Waals surface area contributed by atoms with Crippen molar-refractivity contribution in [3.63, 3.8) is 0 Å². The molecule has 1 aromatic carbocycles. The van der Waals surface area contributed by atoms with Gasteiger partial charge in [0, 0.05) is 12.0 Å². The molecule has 0 bridgehead atoms. The minimum absolute atomic E-state index is 0.0688. The number of benzene rings is 1. The maximum Gasteiger partial charge on any atom is 0.248 e. The van der Waals surface area contributed by atoms with Gasteiger partial charge in [-0.1, -0.05) is 50.5 Å². The van der Waals surface area contributed by atoms with Crippen LogP contribution in [0.2, 0.25) is 0 Å². The predicted octanol–water partition coefficient (Wildman–Crippen LogP) is 4.00. The van der Waals surface area contributed by atoms with Crippen LogP contribution in [0, 0.1) is 0 Å². The molecule has 0 fully saturated rings. The van der Waals surface area contributed by atoms with Crippen molar-refractivity contribution < 1.29 is 14.4 Å². The fraction of sp³-hybridized carbons (Fsp3) is 0.333. The summed E-state index contributed by atoms with van der Waals surface area (Å²) in [5, 5.41) is 3.24. The summed E-state index contributed by atoms with van der Waals surface area (Å²) >= 11 is 1.34. The van der Waals surface area contributed by atoms with Gasteiger partial charge in [-0.2, -0.15) is 0 Å². The van der Waals surface area contributed by atoms with Crippen molar-refractivity contribution in [2.45, 2.75) is 45.1 Å². The second-order valence-electron chi connectivity index (χ2n) is 6.57. The van der Waals surface area contributed by atoms with Gasteiger partial charge in [-0.15, -0.1) is 11.3 Å². The number of carbonyl (C=O) groups excluding carboxylic acids is 3. The molecule has 1 unspecified atom stereocenters. The quantitative estimate of drug-likeness (QED) is 0.553. The van der Waals surface area contributed by atoms with Gasteiger partial charge < -0.3 is 5.32 Å². The van der Waals surface area contributed by atoms with E-state index in [1.807, 2.05) is 24.3 Å². The summed E-state index contributed by atoms with van der Waals surface area (Å²) < 4.78 is 0.949. The zero-order valence-corrected chi connectivity index (χ0v) is 16.1. The summed E-state index contributed by atoms with van der Waals surface area (Å²) in [6, 6.07) is 6.97. The van der Waals surface area contributed by atoms with E-state index in [-0.39, 0.29) is 23.9 Å². The van der Waals surface area contributed by atoms with E-state index in [1.54, 1.807) is 12.2 Å². The first-order valence-corrected chi connectivity index (χ1v) is 10.0. The largest absolute Gasteiger partial charge is 0.342 e. The number of nitrogens with zero attached hydrogens (tertiary/aromatic N) is 1. The van der Waals surface area contributed by atoms with Gasteiger partial charge in [0.05, 0.1) is 16.3 Å². The minimum Gasteiger partial charge on any atom is -0.342 e. The molecule has 1 aromatic heterocycles. The Hall–Kier alpha value is -2.60. The summed E-state index contributed by atoms with van der Waals surface area (Å²) in [7, 11) is 0.